The Morgan fingerprint density at radius 1 is 1.14 bits per heavy atom. The molecule has 0 N–H and O–H groups in total. The Hall–Kier alpha value is -2.08. The molecule has 5 rings (SSSR count). The van der Waals surface area contributed by atoms with E-state index in [0.29, 0.717) is 33.0 Å². The van der Waals surface area contributed by atoms with Crippen LogP contribution in [-0.4, -0.2) is 41.2 Å². The predicted octanol–water partition coefficient (Wildman–Crippen LogP) is 6.14. The molecule has 1 amide bonds. The molecule has 1 aromatic carbocycles. The normalized spacial score (nSPS) is 16.9. The number of nitrogens with zero attached hydrogens (tertiary/aromatic N) is 4. The van der Waals surface area contributed by atoms with Gasteiger partial charge in [-0.05, 0) is 61.7 Å². The largest absolute Gasteiger partial charge is 0.281 e. The van der Waals surface area contributed by atoms with Crippen molar-refractivity contribution in [2.75, 3.05) is 11.4 Å². The number of amides is 1. The number of carbonyl (C=O) groups is 1. The Morgan fingerprint density at radius 3 is 2.69 bits per heavy atom. The minimum atomic E-state index is -3.89. The smallest absolute Gasteiger partial charge is 0.253 e. The molecule has 7 nitrogen and oxygen atoms in total. The van der Waals surface area contributed by atoms with Crippen LogP contribution in [0.4, 0.5) is 5.13 Å². The fourth-order valence-corrected chi connectivity index (χ4v) is 8.71. The van der Waals surface area contributed by atoms with E-state index in [0.717, 1.165) is 33.5 Å². The number of aromatic nitrogens is 2. The second-order valence-corrected chi connectivity index (χ2v) is 13.7. The van der Waals surface area contributed by atoms with Gasteiger partial charge in [-0.2, -0.15) is 4.31 Å². The number of pyridine rings is 1. The van der Waals surface area contributed by atoms with Crippen molar-refractivity contribution in [3.8, 4) is 0 Å². The number of hydrogen-bond acceptors (Lipinski definition) is 7. The van der Waals surface area contributed by atoms with Gasteiger partial charge < -0.3 is 0 Å². The van der Waals surface area contributed by atoms with Crippen LogP contribution in [0.1, 0.15) is 30.5 Å². The second kappa shape index (κ2) is 10.4. The van der Waals surface area contributed by atoms with Gasteiger partial charge in [0.2, 0.25) is 5.91 Å². The van der Waals surface area contributed by atoms with Crippen molar-refractivity contribution < 1.29 is 13.2 Å². The molecule has 0 bridgehead atoms. The van der Waals surface area contributed by atoms with Crippen molar-refractivity contribution >= 4 is 77.2 Å². The summed E-state index contributed by atoms with van der Waals surface area (Å²) >= 11 is 14.7. The second-order valence-electron chi connectivity index (χ2n) is 8.45. The van der Waals surface area contributed by atoms with Crippen molar-refractivity contribution in [1.29, 1.82) is 0 Å². The van der Waals surface area contributed by atoms with Crippen LogP contribution in [0.3, 0.4) is 0 Å². The third-order valence-electron chi connectivity index (χ3n) is 6.13. The van der Waals surface area contributed by atoms with Gasteiger partial charge in [0, 0.05) is 17.8 Å². The van der Waals surface area contributed by atoms with Gasteiger partial charge in [0.25, 0.3) is 10.0 Å². The Kier molecular flexibility index (Phi) is 7.35. The quantitative estimate of drug-likeness (QED) is 0.273. The van der Waals surface area contributed by atoms with Gasteiger partial charge >= 0.3 is 0 Å². The number of sulfonamides is 1. The minimum absolute atomic E-state index is 0.133. The molecule has 4 heterocycles. The molecule has 1 saturated heterocycles. The van der Waals surface area contributed by atoms with Crippen molar-refractivity contribution in [3.05, 3.63) is 69.3 Å². The number of thiophene rings is 1. The third-order valence-corrected chi connectivity index (χ3v) is 11.2. The Bertz CT molecular complexity index is 1520. The minimum Gasteiger partial charge on any atom is -0.281 e. The van der Waals surface area contributed by atoms with Crippen molar-refractivity contribution in [3.63, 3.8) is 0 Å². The molecule has 0 aliphatic carbocycles. The summed E-state index contributed by atoms with van der Waals surface area (Å²) in [4.78, 5) is 24.8. The monoisotopic (exact) mass is 580 g/mol. The van der Waals surface area contributed by atoms with E-state index in [1.165, 1.54) is 21.7 Å². The lowest BCUT2D eigenvalue weighted by Crippen LogP contribution is -2.52. The van der Waals surface area contributed by atoms with Crippen LogP contribution in [0.25, 0.3) is 10.2 Å². The lowest BCUT2D eigenvalue weighted by Gasteiger charge is -2.35. The molecule has 0 radical (unpaired) electrons. The standard InChI is InChI=1S/C24H22Cl2N4O3S3/c1-15-17(25)8-9-19-22(15)28-24(34-19)29(14-16-6-2-4-12-27-16)23(31)18-7-3-5-13-30(18)36(32,33)21-11-10-20(26)35-21/h2,4,6,8-12,18H,3,5,7,13-14H2,1H3. The fourth-order valence-electron chi connectivity index (χ4n) is 4.27. The first kappa shape index (κ1) is 25.6. The Labute approximate surface area is 227 Å². The number of benzene rings is 1. The fraction of sp³-hybridized carbons (Fsp3) is 0.292. The van der Waals surface area contributed by atoms with Gasteiger partial charge in [0.15, 0.2) is 5.13 Å². The Balaban J connectivity index is 1.56. The molecule has 1 unspecified atom stereocenters. The van der Waals surface area contributed by atoms with Crippen LogP contribution >= 0.6 is 45.9 Å². The molecule has 1 aliphatic heterocycles. The number of aryl methyl sites for hydroxylation is 1. The summed E-state index contributed by atoms with van der Waals surface area (Å²) in [6.45, 7) is 2.32. The summed E-state index contributed by atoms with van der Waals surface area (Å²) in [7, 11) is -3.89. The number of halogens is 2. The summed E-state index contributed by atoms with van der Waals surface area (Å²) in [5.41, 5.74) is 2.23. The maximum atomic E-state index is 14.1. The maximum absolute atomic E-state index is 14.1. The van der Waals surface area contributed by atoms with Gasteiger partial charge in [-0.15, -0.1) is 11.3 Å². The summed E-state index contributed by atoms with van der Waals surface area (Å²) in [6, 6.07) is 11.4. The zero-order chi connectivity index (χ0) is 25.4. The molecule has 188 valence electrons. The molecule has 4 aromatic rings. The van der Waals surface area contributed by atoms with Crippen molar-refractivity contribution in [1.82, 2.24) is 14.3 Å². The van der Waals surface area contributed by atoms with Crippen LogP contribution in [-0.2, 0) is 21.4 Å². The first-order valence-electron chi connectivity index (χ1n) is 11.3. The molecule has 1 aliphatic rings. The zero-order valence-electron chi connectivity index (χ0n) is 19.2. The van der Waals surface area contributed by atoms with Gasteiger partial charge in [-0.1, -0.05) is 47.0 Å². The topological polar surface area (TPSA) is 83.5 Å². The lowest BCUT2D eigenvalue weighted by molar-refractivity contribution is -0.123. The van der Waals surface area contributed by atoms with E-state index in [2.05, 4.69) is 4.98 Å². The highest BCUT2D eigenvalue weighted by atomic mass is 35.5. The number of fused-ring (bicyclic) bond motifs is 1. The predicted molar refractivity (Wildman–Crippen MR) is 146 cm³/mol. The van der Waals surface area contributed by atoms with E-state index >= 15 is 0 Å². The Morgan fingerprint density at radius 2 is 1.97 bits per heavy atom. The summed E-state index contributed by atoms with van der Waals surface area (Å²) < 4.78 is 29.8. The zero-order valence-corrected chi connectivity index (χ0v) is 23.2. The van der Waals surface area contributed by atoms with Crippen LogP contribution in [0.2, 0.25) is 9.36 Å². The average molecular weight is 582 g/mol. The molecular weight excluding hydrogens is 559 g/mol. The molecule has 3 aromatic heterocycles. The first-order valence-corrected chi connectivity index (χ1v) is 15.1. The molecule has 1 atom stereocenters. The molecule has 0 spiro atoms. The van der Waals surface area contributed by atoms with Crippen LogP contribution in [0.15, 0.2) is 52.9 Å². The number of anilines is 1. The van der Waals surface area contributed by atoms with Crippen LogP contribution in [0, 0.1) is 6.92 Å². The number of rotatable bonds is 6. The highest BCUT2D eigenvalue weighted by molar-refractivity contribution is 7.91. The van der Waals surface area contributed by atoms with Gasteiger partial charge in [-0.25, -0.2) is 13.4 Å². The number of hydrogen-bond donors (Lipinski definition) is 0. The van der Waals surface area contributed by atoms with Crippen molar-refractivity contribution in [2.24, 2.45) is 0 Å². The average Bonchev–Trinajstić information content (AvgIpc) is 3.52. The summed E-state index contributed by atoms with van der Waals surface area (Å²) in [5, 5.41) is 1.08. The maximum Gasteiger partial charge on any atom is 0.253 e. The van der Waals surface area contributed by atoms with E-state index in [1.54, 1.807) is 23.2 Å². The molecule has 36 heavy (non-hydrogen) atoms. The molecular formula is C24H22Cl2N4O3S3. The van der Waals surface area contributed by atoms with E-state index in [1.807, 2.05) is 31.2 Å². The third kappa shape index (κ3) is 4.90. The van der Waals surface area contributed by atoms with Gasteiger partial charge in [0.05, 0.1) is 26.8 Å². The van der Waals surface area contributed by atoms with Crippen LogP contribution in [0.5, 0.6) is 0 Å². The number of thiazole rings is 1. The highest BCUT2D eigenvalue weighted by Crippen LogP contribution is 2.37. The van der Waals surface area contributed by atoms with E-state index < -0.39 is 16.1 Å². The SMILES string of the molecule is Cc1c(Cl)ccc2sc(N(Cc3ccccn3)C(=O)C3CCCCN3S(=O)(=O)c3ccc(Cl)s3)nc12. The van der Waals surface area contributed by atoms with Crippen molar-refractivity contribution in [2.45, 2.75) is 43.0 Å². The van der Waals surface area contributed by atoms with Gasteiger partial charge in [-0.3, -0.25) is 14.7 Å². The molecule has 1 fully saturated rings. The lowest BCUT2D eigenvalue weighted by atomic mass is 10.0. The molecule has 12 heteroatoms. The van der Waals surface area contributed by atoms with E-state index in [-0.39, 0.29) is 23.2 Å². The number of piperidine rings is 1. The summed E-state index contributed by atoms with van der Waals surface area (Å²) in [5.74, 6) is -0.325. The van der Waals surface area contributed by atoms with E-state index in [4.69, 9.17) is 28.2 Å². The first-order chi connectivity index (χ1) is 17.3. The van der Waals surface area contributed by atoms with Gasteiger partial charge in [0.1, 0.15) is 10.3 Å². The molecule has 0 saturated carbocycles. The number of carbonyl (C=O) groups excluding carboxylic acids is 1. The highest BCUT2D eigenvalue weighted by Gasteiger charge is 2.41. The van der Waals surface area contributed by atoms with Crippen LogP contribution < -0.4 is 4.90 Å². The summed E-state index contributed by atoms with van der Waals surface area (Å²) in [6.07, 6.45) is 3.52. The van der Waals surface area contributed by atoms with E-state index in [9.17, 15) is 13.2 Å².